The lowest BCUT2D eigenvalue weighted by Gasteiger charge is -2.35. The van der Waals surface area contributed by atoms with Gasteiger partial charge in [0.05, 0.1) is 0 Å². The first-order chi connectivity index (χ1) is 14.2. The minimum atomic E-state index is -4.67. The van der Waals surface area contributed by atoms with E-state index in [4.69, 9.17) is 5.26 Å². The largest absolute Gasteiger partial charge is 0.573 e. The molecule has 3 rings (SSSR count). The van der Waals surface area contributed by atoms with Crippen molar-refractivity contribution < 1.29 is 22.3 Å². The van der Waals surface area contributed by atoms with Crippen molar-refractivity contribution in [3.8, 4) is 11.8 Å². The maximum Gasteiger partial charge on any atom is 0.573 e. The second-order valence-electron chi connectivity index (χ2n) is 8.48. The van der Waals surface area contributed by atoms with E-state index in [0.29, 0.717) is 17.8 Å². The van der Waals surface area contributed by atoms with Crippen LogP contribution in [0.15, 0.2) is 48.3 Å². The predicted molar refractivity (Wildman–Crippen MR) is 107 cm³/mol. The fraction of sp³-hybridized carbons (Fsp3) is 0.542. The molecule has 0 amide bonds. The second kappa shape index (κ2) is 9.68. The summed E-state index contributed by atoms with van der Waals surface area (Å²) in [7, 11) is 0. The number of nitriles is 1. The zero-order valence-electron chi connectivity index (χ0n) is 16.9. The fourth-order valence-corrected chi connectivity index (χ4v) is 4.97. The lowest BCUT2D eigenvalue weighted by atomic mass is 9.70. The van der Waals surface area contributed by atoms with Crippen LogP contribution in [0.4, 0.5) is 17.6 Å². The Labute approximate surface area is 175 Å². The van der Waals surface area contributed by atoms with E-state index in [-0.39, 0.29) is 11.7 Å². The van der Waals surface area contributed by atoms with E-state index in [9.17, 15) is 17.6 Å². The number of nitrogens with zero attached hydrogens (tertiary/aromatic N) is 1. The highest BCUT2D eigenvalue weighted by Crippen LogP contribution is 2.44. The Hall–Kier alpha value is -2.29. The van der Waals surface area contributed by atoms with Gasteiger partial charge in [-0.15, -0.1) is 13.2 Å². The predicted octanol–water partition coefficient (Wildman–Crippen LogP) is 7.60. The average molecular weight is 421 g/mol. The molecule has 2 aliphatic carbocycles. The summed E-state index contributed by atoms with van der Waals surface area (Å²) in [5.41, 5.74) is 2.35. The topological polar surface area (TPSA) is 33.0 Å². The van der Waals surface area contributed by atoms with Crippen molar-refractivity contribution in [2.75, 3.05) is 0 Å². The minimum absolute atomic E-state index is 0.147. The number of ether oxygens (including phenoxy) is 1. The number of allylic oxidation sites excluding steroid dienone is 3. The SMILES string of the molecule is C=C([C@H]1CC[C@H](/C=C(\F)C#N)CC1)[C@H]1CC[C@H](c2ccc(OC(F)(F)F)cc2)CC1. The second-order valence-corrected chi connectivity index (χ2v) is 8.48. The van der Waals surface area contributed by atoms with Gasteiger partial charge in [0.2, 0.25) is 0 Å². The molecule has 2 aliphatic rings. The normalized spacial score (nSPS) is 27.9. The van der Waals surface area contributed by atoms with Crippen LogP contribution in [0.2, 0.25) is 0 Å². The van der Waals surface area contributed by atoms with Crippen molar-refractivity contribution in [1.82, 2.24) is 0 Å². The quantitative estimate of drug-likeness (QED) is 0.279. The molecule has 0 N–H and O–H groups in total. The third-order valence-electron chi connectivity index (χ3n) is 6.62. The van der Waals surface area contributed by atoms with Gasteiger partial charge in [-0.25, -0.2) is 0 Å². The Kier molecular flexibility index (Phi) is 7.23. The van der Waals surface area contributed by atoms with Gasteiger partial charge in [-0.3, -0.25) is 0 Å². The zero-order chi connectivity index (χ0) is 21.7. The first kappa shape index (κ1) is 22.4. The molecule has 6 heteroatoms. The molecule has 1 aromatic carbocycles. The van der Waals surface area contributed by atoms with Gasteiger partial charge in [-0.05, 0) is 98.8 Å². The van der Waals surface area contributed by atoms with Crippen LogP contribution in [0.5, 0.6) is 5.75 Å². The van der Waals surface area contributed by atoms with Crippen molar-refractivity contribution in [1.29, 1.82) is 5.26 Å². The number of halogens is 4. The maximum atomic E-state index is 13.2. The van der Waals surface area contributed by atoms with E-state index in [1.807, 2.05) is 0 Å². The molecule has 0 aliphatic heterocycles. The van der Waals surface area contributed by atoms with Crippen molar-refractivity contribution in [2.45, 2.75) is 63.6 Å². The molecule has 1 aromatic rings. The van der Waals surface area contributed by atoms with Crippen LogP contribution >= 0.6 is 0 Å². The summed E-state index contributed by atoms with van der Waals surface area (Å²) >= 11 is 0. The Morgan fingerprint density at radius 2 is 1.50 bits per heavy atom. The molecule has 2 saturated carbocycles. The fourth-order valence-electron chi connectivity index (χ4n) is 4.97. The van der Waals surface area contributed by atoms with Gasteiger partial charge in [0, 0.05) is 0 Å². The summed E-state index contributed by atoms with van der Waals surface area (Å²) in [5.74, 6) is 0.557. The van der Waals surface area contributed by atoms with Gasteiger partial charge in [0.1, 0.15) is 11.8 Å². The van der Waals surface area contributed by atoms with Crippen LogP contribution in [0.25, 0.3) is 0 Å². The van der Waals surface area contributed by atoms with Crippen molar-refractivity contribution in [3.05, 3.63) is 53.9 Å². The van der Waals surface area contributed by atoms with Crippen LogP contribution in [0, 0.1) is 29.1 Å². The van der Waals surface area contributed by atoms with Gasteiger partial charge >= 0.3 is 6.36 Å². The summed E-state index contributed by atoms with van der Waals surface area (Å²) < 4.78 is 54.0. The summed E-state index contributed by atoms with van der Waals surface area (Å²) in [5, 5.41) is 8.58. The molecule has 0 aromatic heterocycles. The zero-order valence-corrected chi connectivity index (χ0v) is 16.9. The Balaban J connectivity index is 1.47. The Morgan fingerprint density at radius 3 is 2.00 bits per heavy atom. The smallest absolute Gasteiger partial charge is 0.406 e. The van der Waals surface area contributed by atoms with Gasteiger partial charge < -0.3 is 4.74 Å². The molecule has 0 radical (unpaired) electrons. The highest BCUT2D eigenvalue weighted by Gasteiger charge is 2.32. The first-order valence-electron chi connectivity index (χ1n) is 10.6. The summed E-state index contributed by atoms with van der Waals surface area (Å²) in [4.78, 5) is 0. The van der Waals surface area contributed by atoms with Gasteiger partial charge in [-0.2, -0.15) is 9.65 Å². The lowest BCUT2D eigenvalue weighted by molar-refractivity contribution is -0.274. The van der Waals surface area contributed by atoms with Crippen molar-refractivity contribution >= 4 is 0 Å². The monoisotopic (exact) mass is 421 g/mol. The molecule has 0 atom stereocenters. The van der Waals surface area contributed by atoms with Crippen LogP contribution in [0.3, 0.4) is 0 Å². The van der Waals surface area contributed by atoms with Crippen LogP contribution in [0.1, 0.15) is 62.8 Å². The summed E-state index contributed by atoms with van der Waals surface area (Å²) in [6, 6.07) is 7.78. The third kappa shape index (κ3) is 6.10. The molecule has 2 fully saturated rings. The van der Waals surface area contributed by atoms with E-state index >= 15 is 0 Å². The Bertz CT molecular complexity index is 790. The molecule has 0 bridgehead atoms. The Morgan fingerprint density at radius 1 is 0.967 bits per heavy atom. The van der Waals surface area contributed by atoms with Gasteiger partial charge in [0.15, 0.2) is 5.83 Å². The first-order valence-corrected chi connectivity index (χ1v) is 10.6. The molecule has 0 unspecified atom stereocenters. The van der Waals surface area contributed by atoms with Gasteiger partial charge in [-0.1, -0.05) is 24.3 Å². The van der Waals surface area contributed by atoms with Crippen molar-refractivity contribution in [2.24, 2.45) is 17.8 Å². The van der Waals surface area contributed by atoms with Crippen LogP contribution < -0.4 is 4.74 Å². The third-order valence-corrected chi connectivity index (χ3v) is 6.62. The molecule has 0 saturated heterocycles. The maximum absolute atomic E-state index is 13.2. The van der Waals surface area contributed by atoms with Gasteiger partial charge in [0.25, 0.3) is 0 Å². The highest BCUT2D eigenvalue weighted by molar-refractivity contribution is 5.30. The van der Waals surface area contributed by atoms with Crippen molar-refractivity contribution in [3.63, 3.8) is 0 Å². The minimum Gasteiger partial charge on any atom is -0.406 e. The number of hydrogen-bond donors (Lipinski definition) is 0. The van der Waals surface area contributed by atoms with Crippen LogP contribution in [-0.2, 0) is 0 Å². The van der Waals surface area contributed by atoms with E-state index in [2.05, 4.69) is 11.3 Å². The van der Waals surface area contributed by atoms with E-state index in [0.717, 1.165) is 56.9 Å². The highest BCUT2D eigenvalue weighted by atomic mass is 19.4. The number of alkyl halides is 3. The average Bonchev–Trinajstić information content (AvgIpc) is 2.73. The molecule has 0 spiro atoms. The molecule has 2 nitrogen and oxygen atoms in total. The molecular weight excluding hydrogens is 394 g/mol. The molecule has 0 heterocycles. The van der Waals surface area contributed by atoms with Crippen LogP contribution in [-0.4, -0.2) is 6.36 Å². The standard InChI is InChI=1S/C24H27F4NO/c1-16(18-4-2-17(3-5-18)14-22(25)15-29)19-6-8-20(9-7-19)21-10-12-23(13-11-21)30-24(26,27)28/h10-14,17-20H,1-9H2/b22-14-/t17-,18-,19-,20-. The number of benzene rings is 1. The van der Waals surface area contributed by atoms with E-state index in [1.165, 1.54) is 23.8 Å². The number of rotatable bonds is 5. The molecule has 162 valence electrons. The molecular formula is C24H27F4NO. The number of hydrogen-bond acceptors (Lipinski definition) is 2. The summed E-state index contributed by atoms with van der Waals surface area (Å²) in [6.07, 6.45) is 4.59. The summed E-state index contributed by atoms with van der Waals surface area (Å²) in [6.45, 7) is 4.38. The van der Waals surface area contributed by atoms with E-state index in [1.54, 1.807) is 18.2 Å². The molecule has 30 heavy (non-hydrogen) atoms. The van der Waals surface area contributed by atoms with E-state index < -0.39 is 12.2 Å². The lowest BCUT2D eigenvalue weighted by Crippen LogP contribution is -2.22.